The van der Waals surface area contributed by atoms with Crippen molar-refractivity contribution in [2.75, 3.05) is 63.3 Å². The summed E-state index contributed by atoms with van der Waals surface area (Å²) >= 11 is 6.53. The van der Waals surface area contributed by atoms with Crippen molar-refractivity contribution in [3.8, 4) is 17.3 Å². The lowest BCUT2D eigenvalue weighted by atomic mass is 9.98. The molecule has 2 aliphatic rings. The highest BCUT2D eigenvalue weighted by Gasteiger charge is 2.25. The van der Waals surface area contributed by atoms with E-state index in [2.05, 4.69) is 30.8 Å². The Kier molecular flexibility index (Phi) is 6.47. The highest BCUT2D eigenvalue weighted by atomic mass is 35.5. The molecule has 3 aromatic heterocycles. The van der Waals surface area contributed by atoms with Crippen LogP contribution in [0.3, 0.4) is 0 Å². The Morgan fingerprint density at radius 1 is 1.19 bits per heavy atom. The number of ether oxygens (including phenoxy) is 2. The molecule has 5 heterocycles. The number of nitrogens with zero attached hydrogens (tertiary/aromatic N) is 6. The second kappa shape index (κ2) is 10.0. The zero-order valence-electron chi connectivity index (χ0n) is 20.2. The van der Waals surface area contributed by atoms with Crippen molar-refractivity contribution < 1.29 is 9.47 Å². The number of fused-ring (bicyclic) bond motifs is 4. The number of benzene rings is 1. The van der Waals surface area contributed by atoms with Crippen LogP contribution in [0.4, 0.5) is 11.4 Å². The first-order valence-corrected chi connectivity index (χ1v) is 12.8. The predicted molar refractivity (Wildman–Crippen MR) is 140 cm³/mol. The molecule has 0 saturated carbocycles. The minimum absolute atomic E-state index is 0.552. The summed E-state index contributed by atoms with van der Waals surface area (Å²) in [6.45, 7) is 5.77. The van der Waals surface area contributed by atoms with Gasteiger partial charge in [0, 0.05) is 25.6 Å². The number of pyridine rings is 1. The van der Waals surface area contributed by atoms with E-state index in [4.69, 9.17) is 26.1 Å². The highest BCUT2D eigenvalue weighted by Crippen LogP contribution is 2.36. The number of piperidine rings is 1. The lowest BCUT2D eigenvalue weighted by Crippen LogP contribution is -2.35. The number of methoxy groups -OCH3 is 1. The molecule has 0 atom stereocenters. The van der Waals surface area contributed by atoms with Crippen LogP contribution < -0.4 is 20.3 Å². The molecule has 6 rings (SSSR count). The molecule has 1 aromatic carbocycles. The van der Waals surface area contributed by atoms with Crippen molar-refractivity contribution >= 4 is 39.5 Å². The molecule has 36 heavy (non-hydrogen) atoms. The summed E-state index contributed by atoms with van der Waals surface area (Å²) in [5.41, 5.74) is 3.91. The lowest BCUT2D eigenvalue weighted by Gasteiger charge is -2.30. The zero-order chi connectivity index (χ0) is 24.5. The van der Waals surface area contributed by atoms with E-state index in [0.717, 1.165) is 55.0 Å². The SMILES string of the molecule is COCCN1CCOc2c1cnn1c(-c3ccc4c(Cl)ccc(NCC5CCNCC5)c4n3)nnc21. The topological polar surface area (TPSA) is 102 Å². The van der Waals surface area contributed by atoms with Gasteiger partial charge in [-0.2, -0.15) is 9.61 Å². The Hall–Kier alpha value is -3.21. The van der Waals surface area contributed by atoms with E-state index in [1.165, 1.54) is 12.8 Å². The average molecular weight is 509 g/mol. The van der Waals surface area contributed by atoms with Crippen LogP contribution in [-0.4, -0.2) is 77.8 Å². The molecule has 0 spiro atoms. The summed E-state index contributed by atoms with van der Waals surface area (Å²) in [4.78, 5) is 7.16. The fourth-order valence-electron chi connectivity index (χ4n) is 4.94. The van der Waals surface area contributed by atoms with Gasteiger partial charge in [0.05, 0.1) is 35.6 Å². The number of aromatic nitrogens is 5. The molecular formula is C25H29ClN8O2. The maximum atomic E-state index is 6.53. The molecule has 0 unspecified atom stereocenters. The molecular weight excluding hydrogens is 480 g/mol. The monoisotopic (exact) mass is 508 g/mol. The first-order valence-electron chi connectivity index (χ1n) is 12.4. The maximum absolute atomic E-state index is 6.53. The Balaban J connectivity index is 1.36. The van der Waals surface area contributed by atoms with Crippen molar-refractivity contribution in [1.29, 1.82) is 0 Å². The highest BCUT2D eigenvalue weighted by molar-refractivity contribution is 6.35. The van der Waals surface area contributed by atoms with Gasteiger partial charge in [-0.15, -0.1) is 10.2 Å². The molecule has 188 valence electrons. The third-order valence-corrected chi connectivity index (χ3v) is 7.29. The van der Waals surface area contributed by atoms with Crippen LogP contribution in [0.15, 0.2) is 30.5 Å². The summed E-state index contributed by atoms with van der Waals surface area (Å²) in [5, 5.41) is 22.1. The predicted octanol–water partition coefficient (Wildman–Crippen LogP) is 3.25. The fourth-order valence-corrected chi connectivity index (χ4v) is 5.16. The maximum Gasteiger partial charge on any atom is 0.222 e. The Morgan fingerprint density at radius 2 is 2.08 bits per heavy atom. The first-order chi connectivity index (χ1) is 17.7. The number of hydrogen-bond donors (Lipinski definition) is 2. The van der Waals surface area contributed by atoms with Crippen LogP contribution in [0.25, 0.3) is 28.1 Å². The van der Waals surface area contributed by atoms with E-state index in [1.807, 2.05) is 24.3 Å². The second-order valence-corrected chi connectivity index (χ2v) is 9.62. The molecule has 1 saturated heterocycles. The van der Waals surface area contributed by atoms with Gasteiger partial charge in [-0.05, 0) is 56.1 Å². The summed E-state index contributed by atoms with van der Waals surface area (Å²) in [6, 6.07) is 7.82. The summed E-state index contributed by atoms with van der Waals surface area (Å²) in [5.74, 6) is 1.87. The van der Waals surface area contributed by atoms with Gasteiger partial charge in [-0.1, -0.05) is 11.6 Å². The van der Waals surface area contributed by atoms with Gasteiger partial charge >= 0.3 is 0 Å². The zero-order valence-corrected chi connectivity index (χ0v) is 21.0. The Morgan fingerprint density at radius 3 is 2.94 bits per heavy atom. The van der Waals surface area contributed by atoms with E-state index in [9.17, 15) is 0 Å². The van der Waals surface area contributed by atoms with Crippen LogP contribution in [0.2, 0.25) is 5.02 Å². The van der Waals surface area contributed by atoms with E-state index < -0.39 is 0 Å². The molecule has 2 aliphatic heterocycles. The van der Waals surface area contributed by atoms with Gasteiger partial charge in [0.25, 0.3) is 0 Å². The molecule has 0 bridgehead atoms. The van der Waals surface area contributed by atoms with E-state index in [0.29, 0.717) is 47.1 Å². The molecule has 11 heteroatoms. The van der Waals surface area contributed by atoms with Crippen molar-refractivity contribution in [3.63, 3.8) is 0 Å². The third-order valence-electron chi connectivity index (χ3n) is 6.96. The summed E-state index contributed by atoms with van der Waals surface area (Å²) < 4.78 is 12.9. The van der Waals surface area contributed by atoms with Gasteiger partial charge in [0.1, 0.15) is 18.0 Å². The van der Waals surface area contributed by atoms with Crippen LogP contribution in [0, 0.1) is 5.92 Å². The van der Waals surface area contributed by atoms with Gasteiger partial charge in [-0.25, -0.2) is 4.98 Å². The number of nitrogens with one attached hydrogen (secondary N) is 2. The van der Waals surface area contributed by atoms with Gasteiger partial charge in [-0.3, -0.25) is 0 Å². The second-order valence-electron chi connectivity index (χ2n) is 9.21. The van der Waals surface area contributed by atoms with Crippen LogP contribution >= 0.6 is 11.6 Å². The molecule has 10 nitrogen and oxygen atoms in total. The lowest BCUT2D eigenvalue weighted by molar-refractivity contribution is 0.201. The minimum Gasteiger partial charge on any atom is -0.486 e. The smallest absolute Gasteiger partial charge is 0.222 e. The van der Waals surface area contributed by atoms with Gasteiger partial charge < -0.3 is 25.0 Å². The number of halogens is 1. The standard InChI is InChI=1S/C25H29ClN8O2/c1-35-12-10-33-11-13-36-23-21(33)15-29-34-24(31-32-25(23)34)20-4-2-17-18(26)3-5-19(22(17)30-20)28-14-16-6-8-27-9-7-16/h2-5,15-16,27-28H,6-14H2,1H3. The number of rotatable bonds is 7. The van der Waals surface area contributed by atoms with Gasteiger partial charge in [0.15, 0.2) is 5.75 Å². The number of hydrogen-bond acceptors (Lipinski definition) is 9. The number of anilines is 2. The third kappa shape index (κ3) is 4.29. The van der Waals surface area contributed by atoms with Crippen LogP contribution in [-0.2, 0) is 4.74 Å². The molecule has 0 aliphatic carbocycles. The van der Waals surface area contributed by atoms with Crippen molar-refractivity contribution in [1.82, 2.24) is 30.1 Å². The normalized spacial score (nSPS) is 16.3. The van der Waals surface area contributed by atoms with Crippen molar-refractivity contribution in [2.45, 2.75) is 12.8 Å². The minimum atomic E-state index is 0.552. The molecule has 4 aromatic rings. The average Bonchev–Trinajstić information content (AvgIpc) is 3.37. The van der Waals surface area contributed by atoms with Crippen molar-refractivity contribution in [3.05, 3.63) is 35.5 Å². The van der Waals surface area contributed by atoms with E-state index in [-0.39, 0.29) is 0 Å². The summed E-state index contributed by atoms with van der Waals surface area (Å²) in [7, 11) is 1.70. The van der Waals surface area contributed by atoms with Crippen LogP contribution in [0.5, 0.6) is 5.75 Å². The van der Waals surface area contributed by atoms with E-state index in [1.54, 1.807) is 17.8 Å². The fraction of sp³-hybridized carbons (Fsp3) is 0.440. The molecule has 0 radical (unpaired) electrons. The Labute approximate surface area is 213 Å². The first kappa shape index (κ1) is 23.2. The van der Waals surface area contributed by atoms with E-state index >= 15 is 0 Å². The largest absolute Gasteiger partial charge is 0.486 e. The van der Waals surface area contributed by atoms with Crippen molar-refractivity contribution in [2.24, 2.45) is 5.92 Å². The molecule has 2 N–H and O–H groups in total. The van der Waals surface area contributed by atoms with Crippen LogP contribution in [0.1, 0.15) is 12.8 Å². The quantitative estimate of drug-likeness (QED) is 0.389. The van der Waals surface area contributed by atoms with Gasteiger partial charge in [0.2, 0.25) is 11.5 Å². The summed E-state index contributed by atoms with van der Waals surface area (Å²) in [6.07, 6.45) is 4.14. The molecule has 1 fully saturated rings. The Bertz CT molecular complexity index is 1390. The molecule has 0 amide bonds.